The van der Waals surface area contributed by atoms with Crippen LogP contribution in [0.5, 0.6) is 0 Å². The topological polar surface area (TPSA) is 69.2 Å². The first-order chi connectivity index (χ1) is 10.7. The molecule has 0 amide bonds. The molecule has 0 atom stereocenters. The lowest BCUT2D eigenvalue weighted by Crippen LogP contribution is -1.86. The maximum atomic E-state index is 10.6. The maximum absolute atomic E-state index is 10.6. The van der Waals surface area contributed by atoms with Crippen LogP contribution in [0.1, 0.15) is 11.5 Å². The van der Waals surface area contributed by atoms with Crippen LogP contribution in [-0.4, -0.2) is 9.91 Å². The Bertz CT molecular complexity index is 805. The van der Waals surface area contributed by atoms with Gasteiger partial charge in [0.05, 0.1) is 10.6 Å². The predicted octanol–water partition coefficient (Wildman–Crippen LogP) is 4.42. The Morgan fingerprint density at radius 2 is 1.82 bits per heavy atom. The van der Waals surface area contributed by atoms with E-state index in [1.54, 1.807) is 18.3 Å². The molecule has 5 nitrogen and oxygen atoms in total. The van der Waals surface area contributed by atoms with Crippen molar-refractivity contribution in [1.29, 1.82) is 0 Å². The van der Waals surface area contributed by atoms with E-state index in [1.807, 2.05) is 42.5 Å². The number of hydrogen-bond acceptors (Lipinski definition) is 4. The first kappa shape index (κ1) is 13.8. The number of hydrogen-bond donors (Lipinski definition) is 0. The van der Waals surface area contributed by atoms with Gasteiger partial charge in [-0.3, -0.25) is 15.1 Å². The smallest absolute Gasteiger partial charge is 0.269 e. The van der Waals surface area contributed by atoms with Crippen molar-refractivity contribution >= 4 is 17.8 Å². The number of aromatic nitrogens is 1. The van der Waals surface area contributed by atoms with Gasteiger partial charge in [0.2, 0.25) is 0 Å². The highest BCUT2D eigenvalue weighted by atomic mass is 16.6. The number of nitro groups is 1. The quantitative estimate of drug-likeness (QED) is 0.527. The van der Waals surface area contributed by atoms with Gasteiger partial charge in [0.25, 0.3) is 5.69 Å². The molecule has 3 aromatic rings. The summed E-state index contributed by atoms with van der Waals surface area (Å²) >= 11 is 0. The second-order valence-electron chi connectivity index (χ2n) is 4.59. The fraction of sp³-hybridized carbons (Fsp3) is 0. The van der Waals surface area contributed by atoms with Gasteiger partial charge in [-0.2, -0.15) is 0 Å². The Labute approximate surface area is 126 Å². The lowest BCUT2D eigenvalue weighted by molar-refractivity contribution is -0.384. The van der Waals surface area contributed by atoms with Crippen LogP contribution in [0.2, 0.25) is 0 Å². The van der Waals surface area contributed by atoms with Crippen molar-refractivity contribution in [2.24, 2.45) is 0 Å². The van der Waals surface area contributed by atoms with Crippen LogP contribution >= 0.6 is 0 Å². The van der Waals surface area contributed by atoms with Crippen molar-refractivity contribution in [2.75, 3.05) is 0 Å². The zero-order chi connectivity index (χ0) is 15.4. The maximum Gasteiger partial charge on any atom is 0.269 e. The zero-order valence-electron chi connectivity index (χ0n) is 11.5. The third-order valence-corrected chi connectivity index (χ3v) is 3.10. The number of nitro benzene ring substituents is 1. The van der Waals surface area contributed by atoms with Crippen molar-refractivity contribution in [1.82, 2.24) is 4.98 Å². The molecule has 0 aliphatic heterocycles. The molecule has 108 valence electrons. The van der Waals surface area contributed by atoms with Gasteiger partial charge in [0, 0.05) is 23.9 Å². The number of furan rings is 1. The van der Waals surface area contributed by atoms with Gasteiger partial charge < -0.3 is 4.42 Å². The fourth-order valence-corrected chi connectivity index (χ4v) is 1.99. The van der Waals surface area contributed by atoms with Gasteiger partial charge in [-0.05, 0) is 48.6 Å². The molecule has 0 unspecified atom stereocenters. The summed E-state index contributed by atoms with van der Waals surface area (Å²) in [4.78, 5) is 14.4. The minimum Gasteiger partial charge on any atom is -0.457 e. The largest absolute Gasteiger partial charge is 0.457 e. The van der Waals surface area contributed by atoms with E-state index in [-0.39, 0.29) is 5.69 Å². The Balaban J connectivity index is 1.79. The number of pyridine rings is 1. The minimum atomic E-state index is -0.424. The van der Waals surface area contributed by atoms with Crippen LogP contribution in [-0.2, 0) is 0 Å². The number of rotatable bonds is 4. The summed E-state index contributed by atoms with van der Waals surface area (Å²) < 4.78 is 5.71. The summed E-state index contributed by atoms with van der Waals surface area (Å²) in [6.07, 6.45) is 5.42. The highest BCUT2D eigenvalue weighted by molar-refractivity contribution is 5.68. The van der Waals surface area contributed by atoms with Crippen molar-refractivity contribution < 1.29 is 9.34 Å². The number of benzene rings is 1. The van der Waals surface area contributed by atoms with Crippen molar-refractivity contribution in [3.63, 3.8) is 0 Å². The molecule has 1 aromatic carbocycles. The number of nitrogens with zero attached hydrogens (tertiary/aromatic N) is 2. The Morgan fingerprint density at radius 1 is 1.00 bits per heavy atom. The van der Waals surface area contributed by atoms with E-state index in [2.05, 4.69) is 4.98 Å². The third-order valence-electron chi connectivity index (χ3n) is 3.10. The SMILES string of the molecule is O=[N+]([O-])c1ccc(-c2ccc(C=Cc3ccccn3)o2)cc1. The fourth-order valence-electron chi connectivity index (χ4n) is 1.99. The van der Waals surface area contributed by atoms with Gasteiger partial charge in [-0.25, -0.2) is 0 Å². The van der Waals surface area contributed by atoms with E-state index >= 15 is 0 Å². The molecule has 0 aliphatic rings. The van der Waals surface area contributed by atoms with Crippen LogP contribution in [0.15, 0.2) is 65.2 Å². The van der Waals surface area contributed by atoms with Gasteiger partial charge in [-0.1, -0.05) is 6.07 Å². The van der Waals surface area contributed by atoms with Crippen molar-refractivity contribution in [3.8, 4) is 11.3 Å². The molecule has 0 N–H and O–H groups in total. The second-order valence-corrected chi connectivity index (χ2v) is 4.59. The van der Waals surface area contributed by atoms with E-state index in [0.29, 0.717) is 11.5 Å². The molecule has 0 fully saturated rings. The summed E-state index contributed by atoms with van der Waals surface area (Å²) in [7, 11) is 0. The van der Waals surface area contributed by atoms with Crippen molar-refractivity contribution in [3.05, 3.63) is 82.4 Å². The second kappa shape index (κ2) is 6.05. The molecular formula is C17H12N2O3. The van der Waals surface area contributed by atoms with Crippen LogP contribution in [0.3, 0.4) is 0 Å². The first-order valence-electron chi connectivity index (χ1n) is 6.66. The molecule has 0 saturated heterocycles. The summed E-state index contributed by atoms with van der Waals surface area (Å²) in [5, 5.41) is 10.6. The van der Waals surface area contributed by atoms with Gasteiger partial charge >= 0.3 is 0 Å². The van der Waals surface area contributed by atoms with E-state index in [1.165, 1.54) is 12.1 Å². The molecule has 0 bridgehead atoms. The highest BCUT2D eigenvalue weighted by Gasteiger charge is 2.07. The van der Waals surface area contributed by atoms with Crippen molar-refractivity contribution in [2.45, 2.75) is 0 Å². The zero-order valence-corrected chi connectivity index (χ0v) is 11.5. The average molecular weight is 292 g/mol. The van der Waals surface area contributed by atoms with Gasteiger partial charge in [0.15, 0.2) is 0 Å². The normalized spacial score (nSPS) is 10.9. The third kappa shape index (κ3) is 3.09. The average Bonchev–Trinajstić information content (AvgIpc) is 3.03. The molecule has 5 heteroatoms. The van der Waals surface area contributed by atoms with E-state index in [9.17, 15) is 10.1 Å². The lowest BCUT2D eigenvalue weighted by atomic mass is 10.1. The molecule has 0 spiro atoms. The Morgan fingerprint density at radius 3 is 2.50 bits per heavy atom. The first-order valence-corrected chi connectivity index (χ1v) is 6.66. The summed E-state index contributed by atoms with van der Waals surface area (Å²) in [6.45, 7) is 0. The van der Waals surface area contributed by atoms with Crippen LogP contribution in [0.25, 0.3) is 23.5 Å². The molecule has 22 heavy (non-hydrogen) atoms. The summed E-state index contributed by atoms with van der Waals surface area (Å²) in [6, 6.07) is 15.6. The Hall–Kier alpha value is -3.21. The summed E-state index contributed by atoms with van der Waals surface area (Å²) in [5.41, 5.74) is 1.70. The minimum absolute atomic E-state index is 0.0607. The van der Waals surface area contributed by atoms with Crippen LogP contribution < -0.4 is 0 Å². The van der Waals surface area contributed by atoms with Crippen LogP contribution in [0, 0.1) is 10.1 Å². The lowest BCUT2D eigenvalue weighted by Gasteiger charge is -1.96. The molecule has 2 aromatic heterocycles. The molecule has 3 rings (SSSR count). The van der Waals surface area contributed by atoms with Gasteiger partial charge in [-0.15, -0.1) is 0 Å². The van der Waals surface area contributed by atoms with E-state index < -0.39 is 4.92 Å². The molecule has 0 radical (unpaired) electrons. The van der Waals surface area contributed by atoms with Crippen LogP contribution in [0.4, 0.5) is 5.69 Å². The van der Waals surface area contributed by atoms with Gasteiger partial charge in [0.1, 0.15) is 11.5 Å². The molecule has 0 saturated carbocycles. The Kier molecular flexibility index (Phi) is 3.78. The monoisotopic (exact) mass is 292 g/mol. The highest BCUT2D eigenvalue weighted by Crippen LogP contribution is 2.25. The summed E-state index contributed by atoms with van der Waals surface area (Å²) in [5.74, 6) is 1.36. The number of non-ortho nitro benzene ring substituents is 1. The molecule has 2 heterocycles. The van der Waals surface area contributed by atoms with E-state index in [0.717, 1.165) is 11.3 Å². The standard InChI is InChI=1S/C17H12N2O3/c20-19(21)15-7-4-13(5-8-15)17-11-10-16(22-17)9-6-14-3-1-2-12-18-14/h1-12H. The molecular weight excluding hydrogens is 280 g/mol. The molecule has 0 aliphatic carbocycles. The van der Waals surface area contributed by atoms with E-state index in [4.69, 9.17) is 4.42 Å². The predicted molar refractivity (Wildman–Crippen MR) is 84.0 cm³/mol.